The highest BCUT2D eigenvalue weighted by Gasteiger charge is 2.14. The number of hydrogen-bond donors (Lipinski definition) is 0. The summed E-state index contributed by atoms with van der Waals surface area (Å²) >= 11 is 0. The van der Waals surface area contributed by atoms with E-state index in [0.717, 1.165) is 29.8 Å². The summed E-state index contributed by atoms with van der Waals surface area (Å²) in [5, 5.41) is 0. The van der Waals surface area contributed by atoms with E-state index in [2.05, 4.69) is 49.8 Å². The first-order chi connectivity index (χ1) is 13.5. The Morgan fingerprint density at radius 3 is 2.32 bits per heavy atom. The van der Waals surface area contributed by atoms with Crippen LogP contribution in [0, 0.1) is 5.92 Å². The first-order valence-corrected chi connectivity index (χ1v) is 10.6. The summed E-state index contributed by atoms with van der Waals surface area (Å²) in [6.45, 7) is 8.97. The van der Waals surface area contributed by atoms with Crippen molar-refractivity contribution in [2.24, 2.45) is 5.92 Å². The van der Waals surface area contributed by atoms with Crippen molar-refractivity contribution in [3.05, 3.63) is 47.8 Å². The van der Waals surface area contributed by atoms with E-state index in [1.54, 1.807) is 0 Å². The maximum atomic E-state index is 12.0. The second kappa shape index (κ2) is 11.6. The van der Waals surface area contributed by atoms with E-state index in [4.69, 9.17) is 4.74 Å². The molecule has 0 aliphatic carbocycles. The number of hydrogen-bond acceptors (Lipinski definition) is 4. The molecule has 0 fully saturated rings. The molecular weight excluding hydrogens is 348 g/mol. The highest BCUT2D eigenvalue weighted by atomic mass is 16.5. The number of nitrogens with zero attached hydrogens (tertiary/aromatic N) is 2. The summed E-state index contributed by atoms with van der Waals surface area (Å²) < 4.78 is 5.37. The Hall–Kier alpha value is -2.23. The molecule has 1 aromatic heterocycles. The van der Waals surface area contributed by atoms with Crippen molar-refractivity contribution in [1.29, 1.82) is 0 Å². The zero-order chi connectivity index (χ0) is 20.4. The van der Waals surface area contributed by atoms with Crippen LogP contribution in [0.2, 0.25) is 0 Å². The van der Waals surface area contributed by atoms with Crippen LogP contribution in [-0.2, 0) is 16.0 Å². The van der Waals surface area contributed by atoms with Crippen molar-refractivity contribution in [3.63, 3.8) is 0 Å². The Balaban J connectivity index is 1.90. The summed E-state index contributed by atoms with van der Waals surface area (Å²) in [7, 11) is 0. The molecule has 0 amide bonds. The highest BCUT2D eigenvalue weighted by molar-refractivity contribution is 5.70. The average molecular weight is 383 g/mol. The lowest BCUT2D eigenvalue weighted by Gasteiger charge is -2.14. The molecule has 1 heterocycles. The van der Waals surface area contributed by atoms with E-state index in [1.165, 1.54) is 24.8 Å². The summed E-state index contributed by atoms with van der Waals surface area (Å²) in [5.41, 5.74) is 3.31. The van der Waals surface area contributed by atoms with Gasteiger partial charge in [-0.1, -0.05) is 71.2 Å². The Morgan fingerprint density at radius 1 is 1.04 bits per heavy atom. The predicted molar refractivity (Wildman–Crippen MR) is 114 cm³/mol. The molecule has 2 rings (SSSR count). The van der Waals surface area contributed by atoms with Gasteiger partial charge in [-0.15, -0.1) is 0 Å². The van der Waals surface area contributed by atoms with Gasteiger partial charge in [-0.2, -0.15) is 0 Å². The zero-order valence-electron chi connectivity index (χ0n) is 17.8. The number of esters is 1. The van der Waals surface area contributed by atoms with Gasteiger partial charge in [0.2, 0.25) is 0 Å². The molecule has 0 aliphatic rings. The van der Waals surface area contributed by atoms with Gasteiger partial charge in [0.25, 0.3) is 0 Å². The van der Waals surface area contributed by atoms with Gasteiger partial charge in [-0.25, -0.2) is 9.97 Å². The number of unbranched alkanes of at least 4 members (excludes halogenated alkanes) is 2. The fourth-order valence-corrected chi connectivity index (χ4v) is 2.95. The molecule has 2 unspecified atom stereocenters. The minimum absolute atomic E-state index is 0.125. The number of aryl methyl sites for hydroxylation is 1. The number of benzene rings is 1. The van der Waals surface area contributed by atoms with Crippen molar-refractivity contribution in [3.8, 4) is 11.4 Å². The molecular formula is C24H34N2O2. The summed E-state index contributed by atoms with van der Waals surface area (Å²) in [6.07, 6.45) is 9.98. The normalized spacial score (nSPS) is 13.1. The predicted octanol–water partition coefficient (Wildman–Crippen LogP) is 5.96. The van der Waals surface area contributed by atoms with Gasteiger partial charge in [-0.3, -0.25) is 4.79 Å². The van der Waals surface area contributed by atoms with E-state index in [1.807, 2.05) is 24.5 Å². The highest BCUT2D eigenvalue weighted by Crippen LogP contribution is 2.23. The minimum atomic E-state index is -0.126. The lowest BCUT2D eigenvalue weighted by molar-refractivity contribution is -0.145. The topological polar surface area (TPSA) is 52.1 Å². The second-order valence-electron chi connectivity index (χ2n) is 7.80. The Labute approximate surface area is 169 Å². The molecule has 0 saturated carbocycles. The molecule has 152 valence electrons. The standard InChI is InChI=1S/C24H34N2O2/c1-5-7-8-9-20-15-25-24(26-16-20)22-12-10-21(11-13-22)19(4)14-23(27)28-17-18(3)6-2/h10-13,15-16,18-19H,5-9,14,17H2,1-4H3. The lowest BCUT2D eigenvalue weighted by atomic mass is 9.96. The van der Waals surface area contributed by atoms with Crippen LogP contribution in [0.25, 0.3) is 11.4 Å². The van der Waals surface area contributed by atoms with E-state index < -0.39 is 0 Å². The maximum absolute atomic E-state index is 12.0. The van der Waals surface area contributed by atoms with Gasteiger partial charge in [0, 0.05) is 18.0 Å². The van der Waals surface area contributed by atoms with Crippen molar-refractivity contribution in [2.75, 3.05) is 6.61 Å². The molecule has 0 saturated heterocycles. The monoisotopic (exact) mass is 382 g/mol. The minimum Gasteiger partial charge on any atom is -0.465 e. The van der Waals surface area contributed by atoms with Gasteiger partial charge >= 0.3 is 5.97 Å². The van der Waals surface area contributed by atoms with Crippen LogP contribution in [0.4, 0.5) is 0 Å². The van der Waals surface area contributed by atoms with E-state index in [-0.39, 0.29) is 11.9 Å². The van der Waals surface area contributed by atoms with Crippen LogP contribution in [-0.4, -0.2) is 22.5 Å². The molecule has 1 aromatic carbocycles. The van der Waals surface area contributed by atoms with Crippen molar-refractivity contribution >= 4 is 5.97 Å². The summed E-state index contributed by atoms with van der Waals surface area (Å²) in [6, 6.07) is 8.17. The Kier molecular flexibility index (Phi) is 9.12. The third-order valence-corrected chi connectivity index (χ3v) is 5.21. The molecule has 4 heteroatoms. The maximum Gasteiger partial charge on any atom is 0.306 e. The quantitative estimate of drug-likeness (QED) is 0.355. The smallest absolute Gasteiger partial charge is 0.306 e. The summed E-state index contributed by atoms with van der Waals surface area (Å²) in [5.74, 6) is 1.15. The molecule has 2 atom stereocenters. The van der Waals surface area contributed by atoms with Crippen LogP contribution in [0.3, 0.4) is 0 Å². The van der Waals surface area contributed by atoms with Crippen molar-refractivity contribution < 1.29 is 9.53 Å². The molecule has 0 spiro atoms. The van der Waals surface area contributed by atoms with E-state index >= 15 is 0 Å². The van der Waals surface area contributed by atoms with Gasteiger partial charge in [-0.05, 0) is 35.8 Å². The molecule has 0 aliphatic heterocycles. The SMILES string of the molecule is CCCCCc1cnc(-c2ccc(C(C)CC(=O)OCC(C)CC)cc2)nc1. The lowest BCUT2D eigenvalue weighted by Crippen LogP contribution is -2.13. The first kappa shape index (κ1) is 22.1. The number of carbonyl (C=O) groups is 1. The van der Waals surface area contributed by atoms with Gasteiger partial charge < -0.3 is 4.74 Å². The second-order valence-corrected chi connectivity index (χ2v) is 7.80. The third-order valence-electron chi connectivity index (χ3n) is 5.21. The van der Waals surface area contributed by atoms with Crippen molar-refractivity contribution in [2.45, 2.75) is 72.1 Å². The molecule has 4 nitrogen and oxygen atoms in total. The van der Waals surface area contributed by atoms with Crippen LogP contribution in [0.5, 0.6) is 0 Å². The largest absolute Gasteiger partial charge is 0.465 e. The molecule has 0 radical (unpaired) electrons. The van der Waals surface area contributed by atoms with Crippen molar-refractivity contribution in [1.82, 2.24) is 9.97 Å². The Bertz CT molecular complexity index is 710. The number of carbonyl (C=O) groups excluding carboxylic acids is 1. The van der Waals surface area contributed by atoms with Gasteiger partial charge in [0.15, 0.2) is 5.82 Å². The van der Waals surface area contributed by atoms with Gasteiger partial charge in [0.05, 0.1) is 13.0 Å². The number of ether oxygens (including phenoxy) is 1. The zero-order valence-corrected chi connectivity index (χ0v) is 17.8. The van der Waals surface area contributed by atoms with Gasteiger partial charge in [0.1, 0.15) is 0 Å². The van der Waals surface area contributed by atoms with Crippen LogP contribution in [0.1, 0.15) is 76.8 Å². The third kappa shape index (κ3) is 7.06. The first-order valence-electron chi connectivity index (χ1n) is 10.6. The van der Waals surface area contributed by atoms with E-state index in [9.17, 15) is 4.79 Å². The fraction of sp³-hybridized carbons (Fsp3) is 0.542. The van der Waals surface area contributed by atoms with Crippen LogP contribution >= 0.6 is 0 Å². The Morgan fingerprint density at radius 2 is 1.71 bits per heavy atom. The number of aromatic nitrogens is 2. The van der Waals surface area contributed by atoms with Crippen LogP contribution in [0.15, 0.2) is 36.7 Å². The average Bonchev–Trinajstić information content (AvgIpc) is 2.72. The molecule has 28 heavy (non-hydrogen) atoms. The number of rotatable bonds is 11. The summed E-state index contributed by atoms with van der Waals surface area (Å²) in [4.78, 5) is 21.0. The fourth-order valence-electron chi connectivity index (χ4n) is 2.95. The molecule has 2 aromatic rings. The molecule has 0 N–H and O–H groups in total. The molecule has 0 bridgehead atoms. The van der Waals surface area contributed by atoms with E-state index in [0.29, 0.717) is 18.9 Å². The van der Waals surface area contributed by atoms with Crippen LogP contribution < -0.4 is 0 Å².